The fourth-order valence-corrected chi connectivity index (χ4v) is 4.68. The molecule has 2 aliphatic carbocycles. The van der Waals surface area contributed by atoms with E-state index in [2.05, 4.69) is 10.6 Å². The summed E-state index contributed by atoms with van der Waals surface area (Å²) in [7, 11) is 0. The van der Waals surface area contributed by atoms with Gasteiger partial charge in [-0.25, -0.2) is 4.79 Å². The number of hydrogen-bond acceptors (Lipinski definition) is 4. The summed E-state index contributed by atoms with van der Waals surface area (Å²) in [6, 6.07) is 0.0666. The van der Waals surface area contributed by atoms with Gasteiger partial charge in [0.25, 0.3) is 0 Å². The van der Waals surface area contributed by atoms with Gasteiger partial charge >= 0.3 is 12.0 Å². The minimum Gasteiger partial charge on any atom is -0.481 e. The first-order chi connectivity index (χ1) is 12.0. The van der Waals surface area contributed by atoms with Gasteiger partial charge in [-0.05, 0) is 51.9 Å². The van der Waals surface area contributed by atoms with Gasteiger partial charge in [-0.3, -0.25) is 4.79 Å². The summed E-state index contributed by atoms with van der Waals surface area (Å²) < 4.78 is 11.4. The lowest BCUT2D eigenvalue weighted by Crippen LogP contribution is -2.67. The summed E-state index contributed by atoms with van der Waals surface area (Å²) in [6.45, 7) is 4.15. The van der Waals surface area contributed by atoms with E-state index in [0.717, 1.165) is 45.3 Å². The van der Waals surface area contributed by atoms with Crippen LogP contribution in [0.4, 0.5) is 4.79 Å². The second-order valence-electron chi connectivity index (χ2n) is 7.58. The summed E-state index contributed by atoms with van der Waals surface area (Å²) in [5, 5.41) is 15.2. The molecule has 3 N–H and O–H groups in total. The highest BCUT2D eigenvalue weighted by Gasteiger charge is 2.56. The summed E-state index contributed by atoms with van der Waals surface area (Å²) in [4.78, 5) is 23.4. The van der Waals surface area contributed by atoms with Crippen molar-refractivity contribution in [2.24, 2.45) is 11.3 Å². The smallest absolute Gasteiger partial charge is 0.315 e. The van der Waals surface area contributed by atoms with Crippen LogP contribution in [0.5, 0.6) is 0 Å². The summed E-state index contributed by atoms with van der Waals surface area (Å²) in [6.07, 6.45) is 5.64. The zero-order valence-corrected chi connectivity index (χ0v) is 15.0. The van der Waals surface area contributed by atoms with Crippen LogP contribution in [0.3, 0.4) is 0 Å². The zero-order valence-electron chi connectivity index (χ0n) is 15.0. The molecular formula is C18H30N2O5. The van der Waals surface area contributed by atoms with E-state index in [9.17, 15) is 9.59 Å². The van der Waals surface area contributed by atoms with Crippen molar-refractivity contribution in [3.63, 3.8) is 0 Å². The molecule has 1 heterocycles. The number of rotatable bonds is 5. The molecule has 1 saturated heterocycles. The average molecular weight is 354 g/mol. The first-order valence-corrected chi connectivity index (χ1v) is 9.54. The maximum Gasteiger partial charge on any atom is 0.315 e. The number of ether oxygens (including phenoxy) is 2. The Hall–Kier alpha value is -1.34. The number of carboxylic acids is 1. The van der Waals surface area contributed by atoms with Gasteiger partial charge in [-0.1, -0.05) is 0 Å². The van der Waals surface area contributed by atoms with Gasteiger partial charge in [0.15, 0.2) is 0 Å². The quantitative estimate of drug-likeness (QED) is 0.701. The molecule has 2 saturated carbocycles. The topological polar surface area (TPSA) is 96.9 Å². The number of carbonyl (C=O) groups excluding carboxylic acids is 1. The largest absolute Gasteiger partial charge is 0.481 e. The minimum atomic E-state index is -0.721. The number of carbonyl (C=O) groups is 2. The van der Waals surface area contributed by atoms with E-state index in [1.54, 1.807) is 0 Å². The Morgan fingerprint density at radius 1 is 1.16 bits per heavy atom. The molecule has 0 aromatic carbocycles. The van der Waals surface area contributed by atoms with Gasteiger partial charge in [0, 0.05) is 37.3 Å². The van der Waals surface area contributed by atoms with Crippen molar-refractivity contribution in [2.45, 2.75) is 70.1 Å². The number of amides is 2. The first kappa shape index (κ1) is 18.5. The van der Waals surface area contributed by atoms with Crippen LogP contribution in [-0.2, 0) is 14.3 Å². The molecule has 2 atom stereocenters. The fraction of sp³-hybridized carbons (Fsp3) is 0.889. The van der Waals surface area contributed by atoms with Gasteiger partial charge in [0.2, 0.25) is 0 Å². The molecule has 3 aliphatic rings. The third kappa shape index (κ3) is 3.92. The molecule has 1 aliphatic heterocycles. The van der Waals surface area contributed by atoms with Crippen LogP contribution in [0.1, 0.15) is 51.9 Å². The number of hydrogen-bond donors (Lipinski definition) is 3. The predicted molar refractivity (Wildman–Crippen MR) is 91.4 cm³/mol. The molecular weight excluding hydrogens is 324 g/mol. The standard InChI is InChI=1S/C18H30N2O5/c1-2-25-15-11-14(18(15)7-9-24-10-8-18)20-17(23)19-13-5-3-12(4-6-13)16(21)22/h12-15H,2-11H2,1H3,(H,21,22)(H2,19,20,23). The highest BCUT2D eigenvalue weighted by atomic mass is 16.5. The van der Waals surface area contributed by atoms with Crippen LogP contribution < -0.4 is 10.6 Å². The van der Waals surface area contributed by atoms with Gasteiger partial charge in [0.05, 0.1) is 12.0 Å². The third-order valence-corrected chi connectivity index (χ3v) is 6.29. The number of aliphatic carboxylic acids is 1. The molecule has 3 fully saturated rings. The SMILES string of the molecule is CCOC1CC(NC(=O)NC2CCC(C(=O)O)CC2)C12CCOCC2. The van der Waals surface area contributed by atoms with Crippen LogP contribution >= 0.6 is 0 Å². The lowest BCUT2D eigenvalue weighted by molar-refractivity contribution is -0.169. The normalized spacial score (nSPS) is 34.1. The van der Waals surface area contributed by atoms with Gasteiger partial charge in [-0.2, -0.15) is 0 Å². The molecule has 0 bridgehead atoms. The van der Waals surface area contributed by atoms with Gasteiger partial charge < -0.3 is 25.2 Å². The van der Waals surface area contributed by atoms with Crippen molar-refractivity contribution in [3.8, 4) is 0 Å². The van der Waals surface area contributed by atoms with Crippen molar-refractivity contribution in [2.75, 3.05) is 19.8 Å². The fourth-order valence-electron chi connectivity index (χ4n) is 4.68. The summed E-state index contributed by atoms with van der Waals surface area (Å²) >= 11 is 0. The molecule has 0 aromatic rings. The van der Waals surface area contributed by atoms with Gasteiger partial charge in [0.1, 0.15) is 0 Å². The minimum absolute atomic E-state index is 0.00652. The lowest BCUT2D eigenvalue weighted by Gasteiger charge is -2.57. The van der Waals surface area contributed by atoms with Crippen molar-refractivity contribution < 1.29 is 24.2 Å². The Morgan fingerprint density at radius 3 is 2.44 bits per heavy atom. The second kappa shape index (κ2) is 7.91. The molecule has 2 unspecified atom stereocenters. The third-order valence-electron chi connectivity index (χ3n) is 6.29. The van der Waals surface area contributed by atoms with E-state index in [0.29, 0.717) is 19.4 Å². The average Bonchev–Trinajstić information content (AvgIpc) is 2.62. The van der Waals surface area contributed by atoms with E-state index >= 15 is 0 Å². The Kier molecular flexibility index (Phi) is 5.84. The highest BCUT2D eigenvalue weighted by molar-refractivity contribution is 5.75. The van der Waals surface area contributed by atoms with Crippen molar-refractivity contribution in [1.82, 2.24) is 10.6 Å². The van der Waals surface area contributed by atoms with Crippen LogP contribution in [-0.4, -0.2) is 55.1 Å². The highest BCUT2D eigenvalue weighted by Crippen LogP contribution is 2.50. The molecule has 0 radical (unpaired) electrons. The first-order valence-electron chi connectivity index (χ1n) is 9.54. The van der Waals surface area contributed by atoms with Crippen molar-refractivity contribution >= 4 is 12.0 Å². The van der Waals surface area contributed by atoms with Crippen molar-refractivity contribution in [3.05, 3.63) is 0 Å². The maximum absolute atomic E-state index is 12.4. The van der Waals surface area contributed by atoms with E-state index in [4.69, 9.17) is 14.6 Å². The zero-order chi connectivity index (χ0) is 17.9. The van der Waals surface area contributed by atoms with Crippen LogP contribution in [0, 0.1) is 11.3 Å². The molecule has 3 rings (SSSR count). The molecule has 142 valence electrons. The molecule has 2 amide bonds. The second-order valence-corrected chi connectivity index (χ2v) is 7.58. The monoisotopic (exact) mass is 354 g/mol. The molecule has 7 heteroatoms. The molecule has 1 spiro atoms. The summed E-state index contributed by atoms with van der Waals surface area (Å²) in [5.74, 6) is -0.981. The van der Waals surface area contributed by atoms with Crippen LogP contribution in [0.15, 0.2) is 0 Å². The number of urea groups is 1. The lowest BCUT2D eigenvalue weighted by atomic mass is 9.57. The van der Waals surface area contributed by atoms with Crippen LogP contribution in [0.2, 0.25) is 0 Å². The molecule has 0 aromatic heterocycles. The summed E-state index contributed by atoms with van der Waals surface area (Å²) in [5.41, 5.74) is 0.00652. The van der Waals surface area contributed by atoms with Crippen LogP contribution in [0.25, 0.3) is 0 Å². The number of nitrogens with one attached hydrogen (secondary N) is 2. The maximum atomic E-state index is 12.4. The van der Waals surface area contributed by atoms with E-state index in [1.165, 1.54) is 0 Å². The predicted octanol–water partition coefficient (Wildman–Crippen LogP) is 1.90. The Morgan fingerprint density at radius 2 is 1.84 bits per heavy atom. The van der Waals surface area contributed by atoms with Gasteiger partial charge in [-0.15, -0.1) is 0 Å². The Balaban J connectivity index is 1.48. The van der Waals surface area contributed by atoms with E-state index < -0.39 is 5.97 Å². The van der Waals surface area contributed by atoms with E-state index in [1.807, 2.05) is 6.92 Å². The molecule has 7 nitrogen and oxygen atoms in total. The Labute approximate surface area is 148 Å². The Bertz CT molecular complexity index is 484. The number of carboxylic acid groups (broad SMARTS) is 1. The van der Waals surface area contributed by atoms with E-state index in [-0.39, 0.29) is 35.6 Å². The molecule has 25 heavy (non-hydrogen) atoms. The van der Waals surface area contributed by atoms with Crippen molar-refractivity contribution in [1.29, 1.82) is 0 Å².